The maximum absolute atomic E-state index is 6.46. The lowest BCUT2D eigenvalue weighted by Gasteiger charge is -2.20. The molecule has 0 bridgehead atoms. The van der Waals surface area contributed by atoms with Gasteiger partial charge in [-0.1, -0.05) is 36.7 Å². The molecule has 1 N–H and O–H groups in total. The summed E-state index contributed by atoms with van der Waals surface area (Å²) in [5, 5.41) is 8.72. The van der Waals surface area contributed by atoms with E-state index in [2.05, 4.69) is 42.6 Å². The number of nitrogens with zero attached hydrogens (tertiary/aromatic N) is 2. The van der Waals surface area contributed by atoms with Crippen LogP contribution in [0.5, 0.6) is 0 Å². The molecule has 0 aliphatic carbocycles. The normalized spacial score (nSPS) is 12.6. The van der Waals surface area contributed by atoms with E-state index in [0.717, 1.165) is 35.7 Å². The third kappa shape index (κ3) is 3.41. The minimum absolute atomic E-state index is 0.224. The minimum Gasteiger partial charge on any atom is -0.310 e. The van der Waals surface area contributed by atoms with Gasteiger partial charge in [0.25, 0.3) is 0 Å². The van der Waals surface area contributed by atoms with Gasteiger partial charge in [-0.15, -0.1) is 0 Å². The second-order valence-electron chi connectivity index (χ2n) is 5.00. The number of aromatic nitrogens is 2. The van der Waals surface area contributed by atoms with E-state index in [9.17, 15) is 0 Å². The lowest BCUT2D eigenvalue weighted by Crippen LogP contribution is -2.23. The van der Waals surface area contributed by atoms with E-state index in [1.807, 2.05) is 23.9 Å². The fraction of sp³-hybridized carbons (Fsp3) is 0.438. The topological polar surface area (TPSA) is 29.9 Å². The average molecular weight is 292 g/mol. The molecule has 0 aliphatic rings. The largest absolute Gasteiger partial charge is 0.310 e. The molecule has 2 rings (SSSR count). The summed E-state index contributed by atoms with van der Waals surface area (Å²) in [5.74, 6) is 0. The number of hydrogen-bond acceptors (Lipinski definition) is 2. The van der Waals surface area contributed by atoms with E-state index in [1.54, 1.807) is 0 Å². The fourth-order valence-corrected chi connectivity index (χ4v) is 2.66. The Labute approximate surface area is 126 Å². The first kappa shape index (κ1) is 15.1. The Balaban J connectivity index is 2.24. The second-order valence-corrected chi connectivity index (χ2v) is 5.37. The Morgan fingerprint density at radius 1 is 1.35 bits per heavy atom. The molecule has 1 aromatic carbocycles. The van der Waals surface area contributed by atoms with Gasteiger partial charge in [0.05, 0.1) is 6.20 Å². The highest BCUT2D eigenvalue weighted by Crippen LogP contribution is 2.28. The smallest absolute Gasteiger partial charge is 0.0522 e. The predicted molar refractivity (Wildman–Crippen MR) is 84.2 cm³/mol. The molecule has 0 aliphatic heterocycles. The zero-order chi connectivity index (χ0) is 14.5. The Morgan fingerprint density at radius 3 is 2.80 bits per heavy atom. The number of likely N-dealkylation sites (N-methyl/N-ethyl adjacent to an activating group) is 1. The van der Waals surface area contributed by atoms with Crippen molar-refractivity contribution in [2.24, 2.45) is 0 Å². The van der Waals surface area contributed by atoms with E-state index in [-0.39, 0.29) is 6.04 Å². The SMILES string of the molecule is CCNC(Cc1cnn(CC)c1)c1cccc(C)c1Cl. The molecule has 0 spiro atoms. The van der Waals surface area contributed by atoms with Crippen LogP contribution in [-0.4, -0.2) is 16.3 Å². The van der Waals surface area contributed by atoms with Gasteiger partial charge in [-0.25, -0.2) is 0 Å². The quantitative estimate of drug-likeness (QED) is 0.878. The molecule has 108 valence electrons. The van der Waals surface area contributed by atoms with Crippen LogP contribution in [-0.2, 0) is 13.0 Å². The van der Waals surface area contributed by atoms with E-state index in [1.165, 1.54) is 5.56 Å². The lowest BCUT2D eigenvalue weighted by molar-refractivity contribution is 0.549. The van der Waals surface area contributed by atoms with Crippen molar-refractivity contribution in [1.29, 1.82) is 0 Å². The zero-order valence-electron chi connectivity index (χ0n) is 12.4. The van der Waals surface area contributed by atoms with Crippen molar-refractivity contribution in [3.63, 3.8) is 0 Å². The molecule has 0 radical (unpaired) electrons. The standard InChI is InChI=1S/C16H22ClN3/c1-4-18-15(9-13-10-19-20(5-2)11-13)14-8-6-7-12(3)16(14)17/h6-8,10-11,15,18H,4-5,9H2,1-3H3. The number of hydrogen-bond donors (Lipinski definition) is 1. The van der Waals surface area contributed by atoms with Crippen molar-refractivity contribution in [2.45, 2.75) is 39.8 Å². The highest BCUT2D eigenvalue weighted by atomic mass is 35.5. The summed E-state index contributed by atoms with van der Waals surface area (Å²) in [6, 6.07) is 6.44. The number of nitrogens with one attached hydrogen (secondary N) is 1. The Bertz CT molecular complexity index is 563. The summed E-state index contributed by atoms with van der Waals surface area (Å²) in [5.41, 5.74) is 3.52. The lowest BCUT2D eigenvalue weighted by atomic mass is 9.99. The monoisotopic (exact) mass is 291 g/mol. The van der Waals surface area contributed by atoms with E-state index >= 15 is 0 Å². The first-order chi connectivity index (χ1) is 9.65. The van der Waals surface area contributed by atoms with E-state index < -0.39 is 0 Å². The van der Waals surface area contributed by atoms with E-state index in [0.29, 0.717) is 0 Å². The summed E-state index contributed by atoms with van der Waals surface area (Å²) >= 11 is 6.46. The highest BCUT2D eigenvalue weighted by molar-refractivity contribution is 6.32. The van der Waals surface area contributed by atoms with Gasteiger partial charge in [-0.05, 0) is 43.5 Å². The maximum atomic E-state index is 6.46. The van der Waals surface area contributed by atoms with Crippen LogP contribution < -0.4 is 5.32 Å². The second kappa shape index (κ2) is 6.91. The molecule has 3 nitrogen and oxygen atoms in total. The zero-order valence-corrected chi connectivity index (χ0v) is 13.1. The molecule has 1 aromatic heterocycles. The number of aryl methyl sites for hydroxylation is 2. The van der Waals surface area contributed by atoms with Gasteiger partial charge in [-0.2, -0.15) is 5.10 Å². The third-order valence-corrected chi connectivity index (χ3v) is 4.01. The van der Waals surface area contributed by atoms with Crippen molar-refractivity contribution < 1.29 is 0 Å². The van der Waals surface area contributed by atoms with Crippen LogP contribution in [0.25, 0.3) is 0 Å². The van der Waals surface area contributed by atoms with Crippen molar-refractivity contribution in [3.05, 3.63) is 52.3 Å². The van der Waals surface area contributed by atoms with Crippen LogP contribution in [0.15, 0.2) is 30.6 Å². The fourth-order valence-electron chi connectivity index (χ4n) is 2.40. The van der Waals surface area contributed by atoms with E-state index in [4.69, 9.17) is 11.6 Å². The molecule has 0 saturated carbocycles. The summed E-state index contributed by atoms with van der Waals surface area (Å²) in [6.45, 7) is 8.07. The van der Waals surface area contributed by atoms with Crippen molar-refractivity contribution >= 4 is 11.6 Å². The average Bonchev–Trinajstić information content (AvgIpc) is 2.89. The summed E-state index contributed by atoms with van der Waals surface area (Å²) in [7, 11) is 0. The van der Waals surface area contributed by atoms with Crippen molar-refractivity contribution in [1.82, 2.24) is 15.1 Å². The van der Waals surface area contributed by atoms with Gasteiger partial charge in [-0.3, -0.25) is 4.68 Å². The number of halogens is 1. The van der Waals surface area contributed by atoms with Gasteiger partial charge in [0.2, 0.25) is 0 Å². The summed E-state index contributed by atoms with van der Waals surface area (Å²) in [4.78, 5) is 0. The molecule has 0 amide bonds. The Hall–Kier alpha value is -1.32. The third-order valence-electron chi connectivity index (χ3n) is 3.50. The summed E-state index contributed by atoms with van der Waals surface area (Å²) in [6.07, 6.45) is 4.95. The highest BCUT2D eigenvalue weighted by Gasteiger charge is 2.16. The molecule has 2 aromatic rings. The van der Waals surface area contributed by atoms with Gasteiger partial charge in [0, 0.05) is 23.8 Å². The molecule has 20 heavy (non-hydrogen) atoms. The number of rotatable bonds is 6. The first-order valence-corrected chi connectivity index (χ1v) is 7.53. The predicted octanol–water partition coefficient (Wildman–Crippen LogP) is 3.76. The maximum Gasteiger partial charge on any atom is 0.0522 e. The number of benzene rings is 1. The molecule has 0 saturated heterocycles. The van der Waals surface area contributed by atoms with Crippen molar-refractivity contribution in [2.75, 3.05) is 6.54 Å². The van der Waals surface area contributed by atoms with Gasteiger partial charge in [0.1, 0.15) is 0 Å². The Kier molecular flexibility index (Phi) is 5.21. The molecule has 1 heterocycles. The molecule has 0 fully saturated rings. The molecule has 1 unspecified atom stereocenters. The molecule has 1 atom stereocenters. The molecular formula is C16H22ClN3. The summed E-state index contributed by atoms with van der Waals surface area (Å²) < 4.78 is 1.95. The van der Waals surface area contributed by atoms with Crippen LogP contribution in [0.1, 0.15) is 36.6 Å². The molecule has 4 heteroatoms. The van der Waals surface area contributed by atoms with Crippen LogP contribution in [0.4, 0.5) is 0 Å². The van der Waals surface area contributed by atoms with Crippen LogP contribution in [0.2, 0.25) is 5.02 Å². The van der Waals surface area contributed by atoms with Crippen molar-refractivity contribution in [3.8, 4) is 0 Å². The van der Waals surface area contributed by atoms with Gasteiger partial charge < -0.3 is 5.32 Å². The molecular weight excluding hydrogens is 270 g/mol. The van der Waals surface area contributed by atoms with Crippen LogP contribution in [0, 0.1) is 6.92 Å². The van der Waals surface area contributed by atoms with Gasteiger partial charge in [0.15, 0.2) is 0 Å². The van der Waals surface area contributed by atoms with Gasteiger partial charge >= 0.3 is 0 Å². The minimum atomic E-state index is 0.224. The van der Waals surface area contributed by atoms with Crippen LogP contribution >= 0.6 is 11.6 Å². The Morgan fingerprint density at radius 2 is 2.15 bits per heavy atom. The first-order valence-electron chi connectivity index (χ1n) is 7.15. The van der Waals surface area contributed by atoms with Crippen LogP contribution in [0.3, 0.4) is 0 Å².